The summed E-state index contributed by atoms with van der Waals surface area (Å²) in [6.07, 6.45) is 4.40. The molecule has 2 aliphatic rings. The third-order valence-electron chi connectivity index (χ3n) is 4.76. The van der Waals surface area contributed by atoms with Crippen LogP contribution in [0.15, 0.2) is 41.3 Å². The minimum atomic E-state index is -3.95. The highest BCUT2D eigenvalue weighted by molar-refractivity contribution is 7.90. The first kappa shape index (κ1) is 18.1. The van der Waals surface area contributed by atoms with E-state index in [1.165, 1.54) is 24.3 Å². The normalized spacial score (nSPS) is 26.5. The Morgan fingerprint density at radius 3 is 2.15 bits per heavy atom. The summed E-state index contributed by atoms with van der Waals surface area (Å²) in [5.74, 6) is -3.70. The van der Waals surface area contributed by atoms with Crippen LogP contribution < -0.4 is 10.0 Å². The van der Waals surface area contributed by atoms with Gasteiger partial charge in [0.1, 0.15) is 0 Å². The van der Waals surface area contributed by atoms with Crippen LogP contribution in [0.4, 0.5) is 5.69 Å². The van der Waals surface area contributed by atoms with Crippen molar-refractivity contribution in [3.8, 4) is 0 Å². The molecule has 3 N–H and O–H groups in total. The number of amides is 2. The van der Waals surface area contributed by atoms with Crippen molar-refractivity contribution in [2.45, 2.75) is 18.2 Å². The molecule has 138 valence electrons. The van der Waals surface area contributed by atoms with Crippen LogP contribution in [-0.4, -0.2) is 31.3 Å². The van der Waals surface area contributed by atoms with Gasteiger partial charge < -0.3 is 10.4 Å². The van der Waals surface area contributed by atoms with Crippen LogP contribution >= 0.6 is 0 Å². The second kappa shape index (κ2) is 6.56. The maximum Gasteiger partial charge on any atom is 0.307 e. The van der Waals surface area contributed by atoms with Crippen LogP contribution in [0.25, 0.3) is 0 Å². The number of carbonyl (C=O) groups is 3. The van der Waals surface area contributed by atoms with Gasteiger partial charge in [0, 0.05) is 12.6 Å². The van der Waals surface area contributed by atoms with Crippen molar-refractivity contribution in [2.24, 2.45) is 23.7 Å². The van der Waals surface area contributed by atoms with Gasteiger partial charge >= 0.3 is 5.97 Å². The lowest BCUT2D eigenvalue weighted by molar-refractivity contribution is -0.146. The topological polar surface area (TPSA) is 130 Å². The molecule has 1 aromatic carbocycles. The first-order valence-corrected chi connectivity index (χ1v) is 9.53. The van der Waals surface area contributed by atoms with Gasteiger partial charge in [-0.05, 0) is 42.5 Å². The smallest absolute Gasteiger partial charge is 0.307 e. The molecule has 0 heterocycles. The fourth-order valence-electron chi connectivity index (χ4n) is 3.71. The fraction of sp³-hybridized carbons (Fsp3) is 0.353. The molecular formula is C17H18N2O6S. The summed E-state index contributed by atoms with van der Waals surface area (Å²) in [6, 6.07) is 5.31. The molecule has 0 aliphatic heterocycles. The molecule has 2 amide bonds. The fourth-order valence-corrected chi connectivity index (χ4v) is 4.70. The van der Waals surface area contributed by atoms with Gasteiger partial charge in [0.2, 0.25) is 11.8 Å². The van der Waals surface area contributed by atoms with Crippen LogP contribution in [0.2, 0.25) is 0 Å². The van der Waals surface area contributed by atoms with Gasteiger partial charge in [0.25, 0.3) is 10.0 Å². The number of aliphatic carboxylic acids is 1. The molecule has 0 radical (unpaired) electrons. The number of benzene rings is 1. The standard InChI is InChI=1S/C17H18N2O6S/c1-9(20)19-26(24,25)13-6-4-12(5-7-13)18-16(21)14-10-2-3-11(8-10)15(14)17(22)23/h2-7,10-11,14-15H,8H2,1H3,(H,18,21)(H,19,20)(H,22,23)/t10-,11-,14-,15+/m0/s1. The largest absolute Gasteiger partial charge is 0.481 e. The zero-order chi connectivity index (χ0) is 19.1. The van der Waals surface area contributed by atoms with Crippen molar-refractivity contribution >= 4 is 33.5 Å². The van der Waals surface area contributed by atoms with E-state index in [4.69, 9.17) is 0 Å². The van der Waals surface area contributed by atoms with Crippen molar-refractivity contribution in [1.29, 1.82) is 0 Å². The van der Waals surface area contributed by atoms with E-state index in [-0.39, 0.29) is 16.7 Å². The molecule has 2 bridgehead atoms. The van der Waals surface area contributed by atoms with Crippen molar-refractivity contribution < 1.29 is 27.9 Å². The van der Waals surface area contributed by atoms with Crippen molar-refractivity contribution in [3.05, 3.63) is 36.4 Å². The number of hydrogen-bond acceptors (Lipinski definition) is 5. The number of carboxylic acid groups (broad SMARTS) is 1. The lowest BCUT2D eigenvalue weighted by atomic mass is 9.82. The molecule has 26 heavy (non-hydrogen) atoms. The average Bonchev–Trinajstić information content (AvgIpc) is 3.15. The first-order valence-electron chi connectivity index (χ1n) is 8.04. The van der Waals surface area contributed by atoms with Crippen LogP contribution in [0.5, 0.6) is 0 Å². The summed E-state index contributed by atoms with van der Waals surface area (Å²) in [6.45, 7) is 1.09. The Labute approximate surface area is 150 Å². The summed E-state index contributed by atoms with van der Waals surface area (Å²) < 4.78 is 25.6. The van der Waals surface area contributed by atoms with E-state index >= 15 is 0 Å². The summed E-state index contributed by atoms with van der Waals surface area (Å²) >= 11 is 0. The van der Waals surface area contributed by atoms with Gasteiger partial charge in [-0.1, -0.05) is 12.2 Å². The Kier molecular flexibility index (Phi) is 4.57. The molecule has 1 fully saturated rings. The molecule has 1 saturated carbocycles. The maximum absolute atomic E-state index is 12.6. The molecule has 2 aliphatic carbocycles. The van der Waals surface area contributed by atoms with Crippen LogP contribution in [0, 0.1) is 23.7 Å². The Morgan fingerprint density at radius 1 is 1.04 bits per heavy atom. The number of nitrogens with one attached hydrogen (secondary N) is 2. The number of carbonyl (C=O) groups excluding carboxylic acids is 2. The first-order chi connectivity index (χ1) is 12.2. The Morgan fingerprint density at radius 2 is 1.62 bits per heavy atom. The average molecular weight is 378 g/mol. The van der Waals surface area contributed by atoms with E-state index in [9.17, 15) is 27.9 Å². The summed E-state index contributed by atoms with van der Waals surface area (Å²) in [4.78, 5) is 34.9. The quantitative estimate of drug-likeness (QED) is 0.655. The molecular weight excluding hydrogens is 360 g/mol. The molecule has 4 atom stereocenters. The van der Waals surface area contributed by atoms with Crippen molar-refractivity contribution in [2.75, 3.05) is 5.32 Å². The number of hydrogen-bond donors (Lipinski definition) is 3. The van der Waals surface area contributed by atoms with E-state index in [1.54, 1.807) is 0 Å². The highest BCUT2D eigenvalue weighted by Gasteiger charge is 2.51. The van der Waals surface area contributed by atoms with E-state index in [1.807, 2.05) is 16.9 Å². The van der Waals surface area contributed by atoms with Gasteiger partial charge in [-0.15, -0.1) is 0 Å². The molecule has 9 heteroatoms. The third-order valence-corrected chi connectivity index (χ3v) is 6.21. The van der Waals surface area contributed by atoms with Crippen LogP contribution in [0.1, 0.15) is 13.3 Å². The number of allylic oxidation sites excluding steroid dienone is 2. The van der Waals surface area contributed by atoms with Gasteiger partial charge in [-0.2, -0.15) is 0 Å². The molecule has 0 unspecified atom stereocenters. The number of rotatable bonds is 5. The molecule has 0 spiro atoms. The second-order valence-electron chi connectivity index (χ2n) is 6.51. The van der Waals surface area contributed by atoms with E-state index in [0.29, 0.717) is 12.1 Å². The van der Waals surface area contributed by atoms with Gasteiger partial charge in [-0.3, -0.25) is 14.4 Å². The van der Waals surface area contributed by atoms with Gasteiger partial charge in [0.05, 0.1) is 16.7 Å². The zero-order valence-corrected chi connectivity index (χ0v) is 14.7. The minimum Gasteiger partial charge on any atom is -0.481 e. The summed E-state index contributed by atoms with van der Waals surface area (Å²) in [7, 11) is -3.95. The lowest BCUT2D eigenvalue weighted by Crippen LogP contribution is -2.36. The van der Waals surface area contributed by atoms with Crippen LogP contribution in [0.3, 0.4) is 0 Å². The summed E-state index contributed by atoms with van der Waals surface area (Å²) in [5, 5.41) is 12.1. The van der Waals surface area contributed by atoms with Crippen molar-refractivity contribution in [3.63, 3.8) is 0 Å². The molecule has 8 nitrogen and oxygen atoms in total. The van der Waals surface area contributed by atoms with E-state index in [0.717, 1.165) is 6.92 Å². The zero-order valence-electron chi connectivity index (χ0n) is 13.9. The number of fused-ring (bicyclic) bond motifs is 2. The molecule has 0 aromatic heterocycles. The lowest BCUT2D eigenvalue weighted by Gasteiger charge is -2.23. The number of anilines is 1. The highest BCUT2D eigenvalue weighted by atomic mass is 32.2. The Bertz CT molecular complexity index is 890. The Hall–Kier alpha value is -2.68. The molecule has 1 aromatic rings. The summed E-state index contributed by atoms with van der Waals surface area (Å²) in [5.41, 5.74) is 0.354. The van der Waals surface area contributed by atoms with E-state index < -0.39 is 39.6 Å². The SMILES string of the molecule is CC(=O)NS(=O)(=O)c1ccc(NC(=O)[C@@H]2[C@H](C(=O)O)[C@H]3C=C[C@H]2C3)cc1. The highest BCUT2D eigenvalue weighted by Crippen LogP contribution is 2.48. The second-order valence-corrected chi connectivity index (χ2v) is 8.20. The Balaban J connectivity index is 1.73. The van der Waals surface area contributed by atoms with Gasteiger partial charge in [0.15, 0.2) is 0 Å². The van der Waals surface area contributed by atoms with Crippen molar-refractivity contribution in [1.82, 2.24) is 4.72 Å². The van der Waals surface area contributed by atoms with Crippen LogP contribution in [-0.2, 0) is 24.4 Å². The molecule has 0 saturated heterocycles. The number of carboxylic acids is 1. The minimum absolute atomic E-state index is 0.0967. The maximum atomic E-state index is 12.6. The van der Waals surface area contributed by atoms with Gasteiger partial charge in [-0.25, -0.2) is 13.1 Å². The number of sulfonamides is 1. The third kappa shape index (κ3) is 3.34. The predicted octanol–water partition coefficient (Wildman–Crippen LogP) is 0.973. The molecule has 3 rings (SSSR count). The van der Waals surface area contributed by atoms with E-state index in [2.05, 4.69) is 5.32 Å². The monoisotopic (exact) mass is 378 g/mol. The predicted molar refractivity (Wildman–Crippen MR) is 91.4 cm³/mol.